The molecule has 5 rings (SSSR count). The molecular formula is C19H24ClN3O2S. The quantitative estimate of drug-likeness (QED) is 0.777. The summed E-state index contributed by atoms with van der Waals surface area (Å²) < 4.78 is 5.71. The molecule has 26 heavy (non-hydrogen) atoms. The number of fused-ring (bicyclic) bond motifs is 3. The number of thiazole rings is 1. The summed E-state index contributed by atoms with van der Waals surface area (Å²) in [5, 5.41) is 0. The van der Waals surface area contributed by atoms with Gasteiger partial charge >= 0.3 is 6.09 Å². The zero-order valence-corrected chi connectivity index (χ0v) is 16.5. The van der Waals surface area contributed by atoms with Crippen molar-refractivity contribution in [1.29, 1.82) is 0 Å². The highest BCUT2D eigenvalue weighted by molar-refractivity contribution is 7.13. The van der Waals surface area contributed by atoms with Gasteiger partial charge in [0.15, 0.2) is 5.82 Å². The molecule has 3 saturated heterocycles. The van der Waals surface area contributed by atoms with E-state index in [4.69, 9.17) is 4.74 Å². The molecule has 140 valence electrons. The van der Waals surface area contributed by atoms with Crippen molar-refractivity contribution in [3.63, 3.8) is 0 Å². The number of carbonyl (C=O) groups is 1. The Morgan fingerprint density at radius 3 is 2.54 bits per heavy atom. The van der Waals surface area contributed by atoms with Crippen molar-refractivity contribution in [2.45, 2.75) is 19.3 Å². The highest BCUT2D eigenvalue weighted by Gasteiger charge is 2.40. The summed E-state index contributed by atoms with van der Waals surface area (Å²) in [6.45, 7) is 3.93. The Hall–Kier alpha value is -1.63. The van der Waals surface area contributed by atoms with Crippen molar-refractivity contribution in [2.24, 2.45) is 5.41 Å². The van der Waals surface area contributed by atoms with E-state index in [0.717, 1.165) is 49.3 Å². The number of rotatable bonds is 4. The summed E-state index contributed by atoms with van der Waals surface area (Å²) in [6.07, 6.45) is 3.09. The van der Waals surface area contributed by atoms with Crippen molar-refractivity contribution in [3.05, 3.63) is 35.8 Å². The number of aromatic nitrogens is 1. The first-order valence-corrected chi connectivity index (χ1v) is 9.67. The van der Waals surface area contributed by atoms with E-state index in [0.29, 0.717) is 12.4 Å². The average Bonchev–Trinajstić information content (AvgIpc) is 3.17. The van der Waals surface area contributed by atoms with Gasteiger partial charge in [-0.25, -0.2) is 9.78 Å². The van der Waals surface area contributed by atoms with E-state index in [1.165, 1.54) is 16.2 Å². The number of amides is 1. The summed E-state index contributed by atoms with van der Waals surface area (Å²) in [6, 6.07) is 10.0. The fourth-order valence-electron chi connectivity index (χ4n) is 3.78. The van der Waals surface area contributed by atoms with Gasteiger partial charge in [-0.05, 0) is 44.5 Å². The molecule has 0 aliphatic carbocycles. The molecule has 3 fully saturated rings. The molecule has 1 aromatic heterocycles. The molecule has 7 heteroatoms. The first-order valence-electron chi connectivity index (χ1n) is 8.79. The van der Waals surface area contributed by atoms with Crippen molar-refractivity contribution in [2.75, 3.05) is 38.2 Å². The first-order chi connectivity index (χ1) is 12.2. The van der Waals surface area contributed by atoms with E-state index < -0.39 is 0 Å². The Bertz CT molecular complexity index is 730. The molecule has 3 aliphatic heterocycles. The zero-order chi connectivity index (χ0) is 17.3. The molecule has 5 nitrogen and oxygen atoms in total. The molecule has 2 bridgehead atoms. The van der Waals surface area contributed by atoms with Gasteiger partial charge in [-0.2, -0.15) is 0 Å². The zero-order valence-electron chi connectivity index (χ0n) is 14.9. The number of piperidine rings is 3. The van der Waals surface area contributed by atoms with Gasteiger partial charge in [0.05, 0.1) is 17.0 Å². The van der Waals surface area contributed by atoms with Gasteiger partial charge in [-0.3, -0.25) is 4.90 Å². The van der Waals surface area contributed by atoms with Crippen LogP contribution in [0.3, 0.4) is 0 Å². The number of hydrogen-bond donors (Lipinski definition) is 0. The molecule has 0 unspecified atom stereocenters. The van der Waals surface area contributed by atoms with E-state index in [1.807, 2.05) is 30.3 Å². The summed E-state index contributed by atoms with van der Waals surface area (Å²) in [5.74, 6) is 0.664. The van der Waals surface area contributed by atoms with Gasteiger partial charge in [0.1, 0.15) is 0 Å². The van der Waals surface area contributed by atoms with Crippen LogP contribution in [0.4, 0.5) is 10.6 Å². The average molecular weight is 394 g/mol. The maximum atomic E-state index is 12.6. The minimum absolute atomic E-state index is 0. The summed E-state index contributed by atoms with van der Waals surface area (Å²) in [4.78, 5) is 22.0. The molecular weight excluding hydrogens is 370 g/mol. The van der Waals surface area contributed by atoms with Crippen molar-refractivity contribution in [3.8, 4) is 10.4 Å². The van der Waals surface area contributed by atoms with Gasteiger partial charge in [0.2, 0.25) is 0 Å². The Kier molecular flexibility index (Phi) is 5.85. The van der Waals surface area contributed by atoms with E-state index in [-0.39, 0.29) is 23.9 Å². The predicted octanol–water partition coefficient (Wildman–Crippen LogP) is 4.29. The molecule has 1 aromatic carbocycles. The predicted molar refractivity (Wildman–Crippen MR) is 107 cm³/mol. The van der Waals surface area contributed by atoms with Gasteiger partial charge in [-0.1, -0.05) is 30.3 Å². The van der Waals surface area contributed by atoms with Gasteiger partial charge in [0, 0.05) is 12.5 Å². The summed E-state index contributed by atoms with van der Waals surface area (Å²) in [7, 11) is 1.74. The number of benzene rings is 1. The number of ether oxygens (including phenoxy) is 1. The fourth-order valence-corrected chi connectivity index (χ4v) is 4.60. The topological polar surface area (TPSA) is 45.7 Å². The molecule has 4 heterocycles. The standard InChI is InChI=1S/C19H23N3O2S.ClH/c1-21(17-16(25-14-20-17)15-5-3-2-4-6-15)18(23)24-13-19-7-10-22(11-8-19)12-9-19;/h2-6,14H,7-13H2,1H3;1H. The van der Waals surface area contributed by atoms with Crippen molar-refractivity contribution < 1.29 is 9.53 Å². The van der Waals surface area contributed by atoms with Crippen molar-refractivity contribution >= 4 is 35.7 Å². The van der Waals surface area contributed by atoms with Crippen LogP contribution in [0.5, 0.6) is 0 Å². The molecule has 0 atom stereocenters. The summed E-state index contributed by atoms with van der Waals surface area (Å²) >= 11 is 1.54. The number of nitrogens with zero attached hydrogens (tertiary/aromatic N) is 3. The maximum absolute atomic E-state index is 12.6. The molecule has 0 spiro atoms. The third-order valence-electron chi connectivity index (χ3n) is 5.55. The Morgan fingerprint density at radius 2 is 1.88 bits per heavy atom. The Labute approximate surface area is 164 Å². The van der Waals surface area contributed by atoms with Crippen LogP contribution in [0.2, 0.25) is 0 Å². The summed E-state index contributed by atoms with van der Waals surface area (Å²) in [5.41, 5.74) is 3.03. The molecule has 3 aliphatic rings. The van der Waals surface area contributed by atoms with Crippen LogP contribution in [0.15, 0.2) is 35.8 Å². The maximum Gasteiger partial charge on any atom is 0.415 e. The van der Waals surface area contributed by atoms with Crippen LogP contribution in [-0.2, 0) is 4.74 Å². The lowest BCUT2D eigenvalue weighted by molar-refractivity contribution is -0.0200. The van der Waals surface area contributed by atoms with E-state index in [1.54, 1.807) is 12.6 Å². The lowest BCUT2D eigenvalue weighted by atomic mass is 9.73. The molecule has 1 amide bonds. The Balaban J connectivity index is 0.00000196. The molecule has 0 saturated carbocycles. The number of hydrogen-bond acceptors (Lipinski definition) is 5. The van der Waals surface area contributed by atoms with Crippen LogP contribution in [0.1, 0.15) is 19.3 Å². The van der Waals surface area contributed by atoms with E-state index in [2.05, 4.69) is 9.88 Å². The van der Waals surface area contributed by atoms with Gasteiger partial charge in [0.25, 0.3) is 0 Å². The molecule has 0 N–H and O–H groups in total. The van der Waals surface area contributed by atoms with E-state index in [9.17, 15) is 4.79 Å². The number of halogens is 1. The lowest BCUT2D eigenvalue weighted by Crippen LogP contribution is -2.50. The minimum Gasteiger partial charge on any atom is -0.449 e. The first kappa shape index (κ1) is 19.1. The minimum atomic E-state index is -0.314. The lowest BCUT2D eigenvalue weighted by Gasteiger charge is -2.47. The largest absolute Gasteiger partial charge is 0.449 e. The monoisotopic (exact) mass is 393 g/mol. The second kappa shape index (κ2) is 7.94. The number of carbonyl (C=O) groups excluding carboxylic acids is 1. The van der Waals surface area contributed by atoms with Gasteiger partial charge < -0.3 is 9.64 Å². The third kappa shape index (κ3) is 3.72. The molecule has 0 radical (unpaired) electrons. The van der Waals surface area contributed by atoms with Crippen LogP contribution >= 0.6 is 23.7 Å². The van der Waals surface area contributed by atoms with Crippen molar-refractivity contribution in [1.82, 2.24) is 9.88 Å². The van der Waals surface area contributed by atoms with Gasteiger partial charge in [-0.15, -0.1) is 23.7 Å². The fraction of sp³-hybridized carbons (Fsp3) is 0.474. The van der Waals surface area contributed by atoms with Crippen LogP contribution in [0, 0.1) is 5.41 Å². The smallest absolute Gasteiger partial charge is 0.415 e. The van der Waals surface area contributed by atoms with Crippen LogP contribution in [-0.4, -0.2) is 49.3 Å². The Morgan fingerprint density at radius 1 is 1.23 bits per heavy atom. The second-order valence-corrected chi connectivity index (χ2v) is 7.93. The third-order valence-corrected chi connectivity index (χ3v) is 6.42. The SMILES string of the molecule is CN(C(=O)OCC12CCN(CC1)CC2)c1ncsc1-c1ccccc1.Cl. The normalized spacial score (nSPS) is 24.0. The second-order valence-electron chi connectivity index (χ2n) is 7.08. The number of anilines is 1. The highest BCUT2D eigenvalue weighted by Crippen LogP contribution is 2.40. The molecule has 2 aromatic rings. The highest BCUT2D eigenvalue weighted by atomic mass is 35.5. The van der Waals surface area contributed by atoms with Crippen LogP contribution in [0.25, 0.3) is 10.4 Å². The van der Waals surface area contributed by atoms with Crippen LogP contribution < -0.4 is 4.90 Å². The van der Waals surface area contributed by atoms with E-state index >= 15 is 0 Å².